The Labute approximate surface area is 261 Å². The van der Waals surface area contributed by atoms with Gasteiger partial charge in [0, 0.05) is 48.4 Å². The zero-order chi connectivity index (χ0) is 32.0. The Morgan fingerprint density at radius 3 is 1.00 bits per heavy atom. The molecule has 4 aromatic carbocycles. The first-order valence-corrected chi connectivity index (χ1v) is 14.8. The molecule has 0 fully saturated rings. The molecule has 4 rings (SSSR count). The Kier molecular flexibility index (Phi) is 10.9. The lowest BCUT2D eigenvalue weighted by atomic mass is 9.99. The number of aromatic hydroxyl groups is 4. The fourth-order valence-corrected chi connectivity index (χ4v) is 5.65. The van der Waals surface area contributed by atoms with Crippen LogP contribution in [0.1, 0.15) is 33.4 Å². The molecule has 234 valence electrons. The molecule has 0 bridgehead atoms. The van der Waals surface area contributed by atoms with Crippen LogP contribution >= 0.6 is 0 Å². The molecule has 0 aliphatic rings. The Hall–Kier alpha value is -4.08. The van der Waals surface area contributed by atoms with E-state index in [-0.39, 0.29) is 11.5 Å². The first-order valence-electron chi connectivity index (χ1n) is 14.8. The summed E-state index contributed by atoms with van der Waals surface area (Å²) in [5.41, 5.74) is 7.52. The Morgan fingerprint density at radius 1 is 0.409 bits per heavy atom. The molecule has 0 atom stereocenters. The normalized spacial score (nSPS) is 11.8. The number of hydrogen-bond donors (Lipinski definition) is 4. The number of benzene rings is 4. The lowest BCUT2D eigenvalue weighted by Gasteiger charge is -2.26. The van der Waals surface area contributed by atoms with Crippen LogP contribution in [0, 0.1) is 13.8 Å². The summed E-state index contributed by atoms with van der Waals surface area (Å²) in [5, 5.41) is 41.8. The molecule has 8 nitrogen and oxygen atoms in total. The van der Waals surface area contributed by atoms with Gasteiger partial charge in [0.2, 0.25) is 0 Å². The van der Waals surface area contributed by atoms with Crippen molar-refractivity contribution in [3.63, 3.8) is 0 Å². The van der Waals surface area contributed by atoms with E-state index in [9.17, 15) is 20.4 Å². The van der Waals surface area contributed by atoms with Gasteiger partial charge in [-0.15, -0.1) is 0 Å². The third-order valence-corrected chi connectivity index (χ3v) is 7.69. The van der Waals surface area contributed by atoms with Crippen LogP contribution in [0.4, 0.5) is 0 Å². The molecule has 0 amide bonds. The average molecular weight is 599 g/mol. The summed E-state index contributed by atoms with van der Waals surface area (Å²) < 4.78 is 0. The second-order valence-electron chi connectivity index (χ2n) is 12.3. The second-order valence-corrected chi connectivity index (χ2v) is 12.3. The molecule has 44 heavy (non-hydrogen) atoms. The van der Waals surface area contributed by atoms with Crippen LogP contribution in [0.3, 0.4) is 0 Å². The number of phenols is 4. The zero-order valence-corrected chi connectivity index (χ0v) is 26.7. The lowest BCUT2D eigenvalue weighted by molar-refractivity contribution is 0.169. The highest BCUT2D eigenvalue weighted by Crippen LogP contribution is 2.31. The molecule has 0 aliphatic carbocycles. The van der Waals surface area contributed by atoms with E-state index >= 15 is 0 Å². The molecule has 4 N–H and O–H groups in total. The van der Waals surface area contributed by atoms with Crippen LogP contribution < -0.4 is 0 Å². The van der Waals surface area contributed by atoms with Crippen LogP contribution in [-0.2, 0) is 26.2 Å². The molecule has 4 aromatic rings. The minimum absolute atomic E-state index is 0.237. The maximum absolute atomic E-state index is 10.7. The van der Waals surface area contributed by atoms with Gasteiger partial charge in [-0.25, -0.2) is 0 Å². The van der Waals surface area contributed by atoms with Crippen molar-refractivity contribution < 1.29 is 20.4 Å². The molecule has 0 radical (unpaired) electrons. The molecule has 0 aromatic heterocycles. The minimum Gasteiger partial charge on any atom is -0.508 e. The fraction of sp³-hybridized carbons (Fsp3) is 0.333. The average Bonchev–Trinajstić information content (AvgIpc) is 2.95. The van der Waals surface area contributed by atoms with Crippen LogP contribution in [0.2, 0.25) is 0 Å². The predicted octanol–water partition coefficient (Wildman–Crippen LogP) is 5.84. The molecular formula is C36H46N4O4. The number of rotatable bonds is 13. The van der Waals surface area contributed by atoms with Crippen molar-refractivity contribution in [2.75, 3.05) is 41.5 Å². The molecule has 0 spiro atoms. The molecule has 0 saturated heterocycles. The van der Waals surface area contributed by atoms with E-state index in [0.717, 1.165) is 44.5 Å². The van der Waals surface area contributed by atoms with Crippen LogP contribution in [0.5, 0.6) is 23.0 Å². The molecule has 0 saturated carbocycles. The van der Waals surface area contributed by atoms with Gasteiger partial charge in [-0.3, -0.25) is 19.6 Å². The maximum Gasteiger partial charge on any atom is 0.120 e. The highest BCUT2D eigenvalue weighted by molar-refractivity contribution is 5.67. The summed E-state index contributed by atoms with van der Waals surface area (Å²) in [7, 11) is 8.02. The summed E-state index contributed by atoms with van der Waals surface area (Å²) >= 11 is 0. The standard InChI is InChI=1S/C36H46N4O4/c1-25-7-11-33(41)29(15-25)19-37(3)23-39(5)21-31-17-27(9-13-35(31)43)28-10-14-36(44)32(18-28)22-40(6)24-38(4)20-30-16-26(2)8-12-34(30)42/h7-18,41-44H,19-24H2,1-6H3. The van der Waals surface area contributed by atoms with Crippen LogP contribution in [-0.4, -0.2) is 81.6 Å². The number of aryl methyl sites for hydroxylation is 2. The fourth-order valence-electron chi connectivity index (χ4n) is 5.65. The van der Waals surface area contributed by atoms with Gasteiger partial charge >= 0.3 is 0 Å². The van der Waals surface area contributed by atoms with E-state index in [2.05, 4.69) is 19.6 Å². The molecule has 0 unspecified atom stereocenters. The van der Waals surface area contributed by atoms with Gasteiger partial charge in [0.15, 0.2) is 0 Å². The van der Waals surface area contributed by atoms with Crippen LogP contribution in [0.15, 0.2) is 72.8 Å². The summed E-state index contributed by atoms with van der Waals surface area (Å²) in [6.45, 7) is 7.62. The number of nitrogens with zero attached hydrogens (tertiary/aromatic N) is 4. The lowest BCUT2D eigenvalue weighted by Crippen LogP contribution is -2.32. The van der Waals surface area contributed by atoms with Crippen LogP contribution in [0.25, 0.3) is 11.1 Å². The minimum atomic E-state index is 0.237. The van der Waals surface area contributed by atoms with Gasteiger partial charge in [-0.2, -0.15) is 0 Å². The number of phenolic OH excluding ortho intramolecular Hbond substituents is 4. The smallest absolute Gasteiger partial charge is 0.120 e. The Bertz CT molecular complexity index is 1460. The van der Waals surface area contributed by atoms with Gasteiger partial charge < -0.3 is 20.4 Å². The van der Waals surface area contributed by atoms with E-state index in [4.69, 9.17) is 0 Å². The zero-order valence-electron chi connectivity index (χ0n) is 26.7. The van der Waals surface area contributed by atoms with E-state index < -0.39 is 0 Å². The van der Waals surface area contributed by atoms with Gasteiger partial charge in [0.05, 0.1) is 13.3 Å². The predicted molar refractivity (Wildman–Crippen MR) is 176 cm³/mol. The van der Waals surface area contributed by atoms with Crippen molar-refractivity contribution in [1.29, 1.82) is 0 Å². The van der Waals surface area contributed by atoms with Gasteiger partial charge in [-0.05, 0) is 89.6 Å². The van der Waals surface area contributed by atoms with Crippen molar-refractivity contribution in [3.8, 4) is 34.1 Å². The Balaban J connectivity index is 1.40. The van der Waals surface area contributed by atoms with Crippen molar-refractivity contribution in [1.82, 2.24) is 19.6 Å². The summed E-state index contributed by atoms with van der Waals surface area (Å²) in [4.78, 5) is 8.49. The van der Waals surface area contributed by atoms with E-state index in [1.807, 2.05) is 90.6 Å². The largest absolute Gasteiger partial charge is 0.508 e. The third kappa shape index (κ3) is 8.97. The highest BCUT2D eigenvalue weighted by Gasteiger charge is 2.14. The maximum atomic E-state index is 10.7. The molecule has 0 heterocycles. The van der Waals surface area contributed by atoms with E-state index in [1.54, 1.807) is 24.3 Å². The third-order valence-electron chi connectivity index (χ3n) is 7.69. The van der Waals surface area contributed by atoms with Crippen molar-refractivity contribution in [2.24, 2.45) is 0 Å². The van der Waals surface area contributed by atoms with Gasteiger partial charge in [0.25, 0.3) is 0 Å². The SMILES string of the molecule is Cc1ccc(O)c(CN(C)CN(C)Cc2cc(-c3ccc(O)c(CN(C)CN(C)Cc4cc(C)ccc4O)c3)ccc2O)c1. The summed E-state index contributed by atoms with van der Waals surface area (Å²) in [5.74, 6) is 1.07. The number of hydrogen-bond acceptors (Lipinski definition) is 8. The van der Waals surface area contributed by atoms with Crippen molar-refractivity contribution in [3.05, 3.63) is 106 Å². The van der Waals surface area contributed by atoms with Crippen molar-refractivity contribution in [2.45, 2.75) is 40.0 Å². The molecular weight excluding hydrogens is 552 g/mol. The first kappa shape index (κ1) is 32.8. The van der Waals surface area contributed by atoms with Crippen molar-refractivity contribution >= 4 is 0 Å². The van der Waals surface area contributed by atoms with E-state index in [0.29, 0.717) is 51.0 Å². The molecule has 0 aliphatic heterocycles. The Morgan fingerprint density at radius 2 is 0.682 bits per heavy atom. The molecule has 8 heteroatoms. The monoisotopic (exact) mass is 598 g/mol. The second kappa shape index (κ2) is 14.6. The summed E-state index contributed by atoms with van der Waals surface area (Å²) in [6.07, 6.45) is 0. The van der Waals surface area contributed by atoms with Gasteiger partial charge in [-0.1, -0.05) is 47.5 Å². The van der Waals surface area contributed by atoms with Gasteiger partial charge in [0.1, 0.15) is 23.0 Å². The first-order chi connectivity index (χ1) is 20.9. The highest BCUT2D eigenvalue weighted by atomic mass is 16.3. The quantitative estimate of drug-likeness (QED) is 0.143. The van der Waals surface area contributed by atoms with E-state index in [1.165, 1.54) is 0 Å². The topological polar surface area (TPSA) is 93.9 Å². The summed E-state index contributed by atoms with van der Waals surface area (Å²) in [6, 6.07) is 22.5.